The molecular weight excluding hydrogens is 398 g/mol. The highest BCUT2D eigenvalue weighted by molar-refractivity contribution is 7.80. The first-order valence-electron chi connectivity index (χ1n) is 11.9. The van der Waals surface area contributed by atoms with Crippen LogP contribution in [0.15, 0.2) is 54.7 Å². The maximum Gasteiger partial charge on any atom is 0.173 e. The Hall–Kier alpha value is -2.33. The summed E-state index contributed by atoms with van der Waals surface area (Å²) in [6, 6.07) is 17.9. The van der Waals surface area contributed by atoms with Gasteiger partial charge in [0, 0.05) is 41.9 Å². The summed E-state index contributed by atoms with van der Waals surface area (Å²) < 4.78 is 2.36. The molecule has 0 bridgehead atoms. The zero-order valence-electron chi connectivity index (χ0n) is 18.9. The molecule has 2 aromatic carbocycles. The number of hydrogen-bond acceptors (Lipinski definition) is 1. The number of aromatic nitrogens is 1. The molecule has 164 valence electrons. The zero-order chi connectivity index (χ0) is 21.6. The number of aryl methyl sites for hydroxylation is 2. The highest BCUT2D eigenvalue weighted by Gasteiger charge is 2.24. The molecule has 4 heteroatoms. The lowest BCUT2D eigenvalue weighted by atomic mass is 10.1. The van der Waals surface area contributed by atoms with Crippen LogP contribution in [0.2, 0.25) is 0 Å². The predicted molar refractivity (Wildman–Crippen MR) is 137 cm³/mol. The van der Waals surface area contributed by atoms with E-state index >= 15 is 0 Å². The van der Waals surface area contributed by atoms with Crippen LogP contribution in [0.1, 0.15) is 63.5 Å². The maximum atomic E-state index is 6.03. The summed E-state index contributed by atoms with van der Waals surface area (Å²) in [6.45, 7) is 6.25. The topological polar surface area (TPSA) is 20.2 Å². The van der Waals surface area contributed by atoms with Crippen molar-refractivity contribution in [2.24, 2.45) is 0 Å². The van der Waals surface area contributed by atoms with Crippen LogP contribution < -0.4 is 5.32 Å². The van der Waals surface area contributed by atoms with Crippen LogP contribution in [0.5, 0.6) is 0 Å². The molecule has 1 aliphatic rings. The third kappa shape index (κ3) is 5.12. The second kappa shape index (κ2) is 10.3. The molecule has 1 fully saturated rings. The van der Waals surface area contributed by atoms with E-state index in [1.54, 1.807) is 0 Å². The molecule has 0 saturated heterocycles. The minimum Gasteiger partial charge on any atom is -0.347 e. The van der Waals surface area contributed by atoms with E-state index in [1.807, 2.05) is 0 Å². The summed E-state index contributed by atoms with van der Waals surface area (Å²) in [5.74, 6) is 0. The Morgan fingerprint density at radius 1 is 1.03 bits per heavy atom. The van der Waals surface area contributed by atoms with E-state index in [2.05, 4.69) is 83.4 Å². The Kier molecular flexibility index (Phi) is 7.29. The smallest absolute Gasteiger partial charge is 0.173 e. The van der Waals surface area contributed by atoms with E-state index in [0.717, 1.165) is 30.3 Å². The summed E-state index contributed by atoms with van der Waals surface area (Å²) in [4.78, 5) is 2.47. The molecule has 4 rings (SSSR count). The number of rotatable bonds is 6. The fraction of sp³-hybridized carbons (Fsp3) is 0.444. The van der Waals surface area contributed by atoms with Crippen LogP contribution in [-0.4, -0.2) is 20.6 Å². The van der Waals surface area contributed by atoms with Crippen molar-refractivity contribution in [3.05, 3.63) is 65.9 Å². The fourth-order valence-electron chi connectivity index (χ4n) is 4.89. The molecule has 1 N–H and O–H groups in total. The van der Waals surface area contributed by atoms with Crippen molar-refractivity contribution in [3.63, 3.8) is 0 Å². The van der Waals surface area contributed by atoms with Crippen LogP contribution in [0.3, 0.4) is 0 Å². The van der Waals surface area contributed by atoms with Gasteiger partial charge in [0.2, 0.25) is 0 Å². The molecule has 1 aromatic heterocycles. The van der Waals surface area contributed by atoms with Gasteiger partial charge in [0.15, 0.2) is 5.11 Å². The van der Waals surface area contributed by atoms with Crippen molar-refractivity contribution in [3.8, 4) is 0 Å². The number of nitrogens with one attached hydrogen (secondary N) is 1. The highest BCUT2D eigenvalue weighted by Crippen LogP contribution is 2.28. The van der Waals surface area contributed by atoms with Gasteiger partial charge in [-0.15, -0.1) is 0 Å². The van der Waals surface area contributed by atoms with Crippen molar-refractivity contribution >= 4 is 33.9 Å². The fourth-order valence-corrected chi connectivity index (χ4v) is 5.23. The Morgan fingerprint density at radius 2 is 1.81 bits per heavy atom. The molecule has 0 amide bonds. The Balaban J connectivity index is 1.63. The lowest BCUT2D eigenvalue weighted by Gasteiger charge is -2.34. The van der Waals surface area contributed by atoms with Crippen LogP contribution >= 0.6 is 12.2 Å². The Bertz CT molecular complexity index is 1010. The van der Waals surface area contributed by atoms with E-state index < -0.39 is 0 Å². The maximum absolute atomic E-state index is 6.03. The van der Waals surface area contributed by atoms with Gasteiger partial charge in [-0.25, -0.2) is 0 Å². The van der Waals surface area contributed by atoms with Gasteiger partial charge in [0.1, 0.15) is 0 Å². The number of thiocarbonyl (C=S) groups is 1. The molecule has 31 heavy (non-hydrogen) atoms. The molecule has 1 saturated carbocycles. The first-order valence-corrected chi connectivity index (χ1v) is 12.3. The van der Waals surface area contributed by atoms with Gasteiger partial charge in [-0.3, -0.25) is 0 Å². The van der Waals surface area contributed by atoms with Gasteiger partial charge in [-0.05, 0) is 67.7 Å². The molecule has 0 atom stereocenters. The van der Waals surface area contributed by atoms with Crippen LogP contribution in [-0.2, 0) is 19.5 Å². The van der Waals surface area contributed by atoms with Crippen LogP contribution in [0.25, 0.3) is 10.9 Å². The number of nitrogens with zero attached hydrogens (tertiary/aromatic N) is 2. The molecule has 0 unspecified atom stereocenters. The van der Waals surface area contributed by atoms with Gasteiger partial charge in [0.05, 0.1) is 0 Å². The zero-order valence-corrected chi connectivity index (χ0v) is 19.8. The van der Waals surface area contributed by atoms with E-state index in [1.165, 1.54) is 60.6 Å². The SMILES string of the molecule is CCc1cccc(NC(=S)N(Cc2cn(CC)c3ccccc23)C2CCCCCC2)c1. The average molecular weight is 434 g/mol. The molecule has 3 aromatic rings. The number of fused-ring (bicyclic) bond motifs is 1. The normalized spacial score (nSPS) is 15.0. The monoisotopic (exact) mass is 433 g/mol. The average Bonchev–Trinajstić information content (AvgIpc) is 2.95. The summed E-state index contributed by atoms with van der Waals surface area (Å²) >= 11 is 6.03. The van der Waals surface area contributed by atoms with E-state index in [-0.39, 0.29) is 0 Å². The third-order valence-electron chi connectivity index (χ3n) is 6.67. The first kappa shape index (κ1) is 21.9. The van der Waals surface area contributed by atoms with Crippen molar-refractivity contribution in [1.82, 2.24) is 9.47 Å². The summed E-state index contributed by atoms with van der Waals surface area (Å²) in [5, 5.41) is 5.78. The number of benzene rings is 2. The van der Waals surface area contributed by atoms with Gasteiger partial charge in [-0.1, -0.05) is 62.9 Å². The molecular formula is C27H35N3S. The van der Waals surface area contributed by atoms with Gasteiger partial charge in [-0.2, -0.15) is 0 Å². The Labute approximate surface area is 192 Å². The van der Waals surface area contributed by atoms with Gasteiger partial charge in [0.25, 0.3) is 0 Å². The minimum atomic E-state index is 0.501. The molecule has 3 nitrogen and oxygen atoms in total. The molecule has 1 heterocycles. The number of hydrogen-bond donors (Lipinski definition) is 1. The predicted octanol–water partition coefficient (Wildman–Crippen LogP) is 7.15. The van der Waals surface area contributed by atoms with Crippen LogP contribution in [0.4, 0.5) is 5.69 Å². The highest BCUT2D eigenvalue weighted by atomic mass is 32.1. The third-order valence-corrected chi connectivity index (χ3v) is 7.00. The molecule has 0 spiro atoms. The molecule has 0 radical (unpaired) electrons. The van der Waals surface area contributed by atoms with Crippen molar-refractivity contribution in [1.29, 1.82) is 0 Å². The molecule has 0 aliphatic heterocycles. The number of anilines is 1. The van der Waals surface area contributed by atoms with Gasteiger partial charge >= 0.3 is 0 Å². The summed E-state index contributed by atoms with van der Waals surface area (Å²) in [6.07, 6.45) is 11.1. The number of para-hydroxylation sites is 1. The van der Waals surface area contributed by atoms with Crippen molar-refractivity contribution in [2.45, 2.75) is 77.9 Å². The minimum absolute atomic E-state index is 0.501. The largest absolute Gasteiger partial charge is 0.347 e. The lowest BCUT2D eigenvalue weighted by Crippen LogP contribution is -2.42. The summed E-state index contributed by atoms with van der Waals surface area (Å²) in [7, 11) is 0. The van der Waals surface area contributed by atoms with E-state index in [9.17, 15) is 0 Å². The van der Waals surface area contributed by atoms with Gasteiger partial charge < -0.3 is 14.8 Å². The standard InChI is InChI=1S/C27H35N3S/c1-3-21-12-11-13-23(18-21)28-27(31)30(24-14-7-5-6-8-15-24)20-22-19-29(4-2)26-17-10-9-16-25(22)26/h9-13,16-19,24H,3-8,14-15,20H2,1-2H3,(H,28,31). The quantitative estimate of drug-likeness (QED) is 0.329. The lowest BCUT2D eigenvalue weighted by molar-refractivity contribution is 0.281. The second-order valence-electron chi connectivity index (χ2n) is 8.71. The van der Waals surface area contributed by atoms with E-state index in [4.69, 9.17) is 12.2 Å². The molecule has 1 aliphatic carbocycles. The Morgan fingerprint density at radius 3 is 2.55 bits per heavy atom. The summed E-state index contributed by atoms with van der Waals surface area (Å²) in [5.41, 5.74) is 5.11. The van der Waals surface area contributed by atoms with Crippen molar-refractivity contribution < 1.29 is 0 Å². The van der Waals surface area contributed by atoms with Crippen LogP contribution in [0, 0.1) is 0 Å². The first-order chi connectivity index (χ1) is 15.2. The van der Waals surface area contributed by atoms with E-state index in [0.29, 0.717) is 6.04 Å². The van der Waals surface area contributed by atoms with Crippen molar-refractivity contribution in [2.75, 3.05) is 5.32 Å². The second-order valence-corrected chi connectivity index (χ2v) is 9.10.